The van der Waals surface area contributed by atoms with Crippen molar-refractivity contribution in [2.24, 2.45) is 16.7 Å². The molecule has 0 amide bonds. The molecular formula is C7H10N4O. The van der Waals surface area contributed by atoms with Gasteiger partial charge in [-0.25, -0.2) is 4.98 Å². The molecule has 1 rings (SSSR count). The molecule has 0 saturated heterocycles. The van der Waals surface area contributed by atoms with E-state index in [2.05, 4.69) is 10.1 Å². The van der Waals surface area contributed by atoms with Gasteiger partial charge in [-0.2, -0.15) is 5.10 Å². The van der Waals surface area contributed by atoms with Gasteiger partial charge in [-0.15, -0.1) is 0 Å². The molecule has 1 aromatic rings. The number of hydrazone groups is 1. The number of nitrogens with two attached hydrogens (primary N) is 2. The van der Waals surface area contributed by atoms with Crippen LogP contribution < -0.4 is 16.3 Å². The molecule has 0 spiro atoms. The predicted molar refractivity (Wildman–Crippen MR) is 45.7 cm³/mol. The number of pyridine rings is 1. The van der Waals surface area contributed by atoms with E-state index in [1.165, 1.54) is 7.11 Å². The normalized spacial score (nSPS) is 11.2. The number of aromatic nitrogens is 1. The molecule has 5 nitrogen and oxygen atoms in total. The first-order valence-electron chi connectivity index (χ1n) is 3.32. The molecule has 0 atom stereocenters. The van der Waals surface area contributed by atoms with Gasteiger partial charge in [0.15, 0.2) is 5.84 Å². The molecular weight excluding hydrogens is 156 g/mol. The molecule has 0 saturated carbocycles. The van der Waals surface area contributed by atoms with Crippen LogP contribution in [0.3, 0.4) is 0 Å². The Bertz CT molecular complexity index is 297. The summed E-state index contributed by atoms with van der Waals surface area (Å²) in [5.74, 6) is 5.64. The van der Waals surface area contributed by atoms with Crippen molar-refractivity contribution in [2.45, 2.75) is 0 Å². The minimum Gasteiger partial charge on any atom is -0.480 e. The zero-order chi connectivity index (χ0) is 8.97. The van der Waals surface area contributed by atoms with E-state index in [-0.39, 0.29) is 5.84 Å². The Kier molecular flexibility index (Phi) is 2.47. The first kappa shape index (κ1) is 8.32. The standard InChI is InChI=1S/C7H10N4O/c1-12-7-5(6(8)11-9)3-2-4-10-7/h2-4H,9H2,1H3,(H2,8,11). The van der Waals surface area contributed by atoms with E-state index >= 15 is 0 Å². The highest BCUT2D eigenvalue weighted by molar-refractivity contribution is 5.99. The highest BCUT2D eigenvalue weighted by Crippen LogP contribution is 2.11. The van der Waals surface area contributed by atoms with E-state index in [0.29, 0.717) is 11.4 Å². The van der Waals surface area contributed by atoms with Crippen LogP contribution in [0.5, 0.6) is 5.88 Å². The number of methoxy groups -OCH3 is 1. The molecule has 0 unspecified atom stereocenters. The highest BCUT2D eigenvalue weighted by Gasteiger charge is 2.05. The van der Waals surface area contributed by atoms with Gasteiger partial charge in [0.2, 0.25) is 5.88 Å². The number of nitrogens with zero attached hydrogens (tertiary/aromatic N) is 2. The van der Waals surface area contributed by atoms with Gasteiger partial charge in [0.1, 0.15) is 0 Å². The average Bonchev–Trinajstić information content (AvgIpc) is 2.16. The van der Waals surface area contributed by atoms with Crippen LogP contribution in [0.2, 0.25) is 0 Å². The number of hydrogen-bond acceptors (Lipinski definition) is 4. The SMILES string of the molecule is COc1ncccc1C(N)=NN. The van der Waals surface area contributed by atoms with Gasteiger partial charge in [-0.1, -0.05) is 0 Å². The Balaban J connectivity index is 3.13. The molecule has 1 aromatic heterocycles. The molecule has 0 radical (unpaired) electrons. The second-order valence-corrected chi connectivity index (χ2v) is 2.07. The summed E-state index contributed by atoms with van der Waals surface area (Å²) in [7, 11) is 1.51. The van der Waals surface area contributed by atoms with Crippen LogP contribution in [0.4, 0.5) is 0 Å². The smallest absolute Gasteiger partial charge is 0.224 e. The summed E-state index contributed by atoms with van der Waals surface area (Å²) in [6.07, 6.45) is 1.60. The molecule has 0 aliphatic carbocycles. The molecule has 12 heavy (non-hydrogen) atoms. The monoisotopic (exact) mass is 166 g/mol. The molecule has 0 fully saturated rings. The third-order valence-corrected chi connectivity index (χ3v) is 1.38. The molecule has 0 aromatic carbocycles. The first-order valence-corrected chi connectivity index (χ1v) is 3.32. The molecule has 4 N–H and O–H groups in total. The van der Waals surface area contributed by atoms with Crippen molar-refractivity contribution in [1.82, 2.24) is 4.98 Å². The van der Waals surface area contributed by atoms with Crippen LogP contribution in [0.25, 0.3) is 0 Å². The largest absolute Gasteiger partial charge is 0.480 e. The molecule has 5 heteroatoms. The maximum Gasteiger partial charge on any atom is 0.224 e. The second-order valence-electron chi connectivity index (χ2n) is 2.07. The van der Waals surface area contributed by atoms with Crippen LogP contribution in [-0.2, 0) is 0 Å². The summed E-state index contributed by atoms with van der Waals surface area (Å²) in [6.45, 7) is 0. The van der Waals surface area contributed by atoms with E-state index in [1.54, 1.807) is 18.3 Å². The first-order chi connectivity index (χ1) is 5.79. The number of ether oxygens (including phenoxy) is 1. The minimum absolute atomic E-state index is 0.208. The zero-order valence-electron chi connectivity index (χ0n) is 6.69. The Morgan fingerprint density at radius 1 is 1.67 bits per heavy atom. The van der Waals surface area contributed by atoms with Crippen molar-refractivity contribution >= 4 is 5.84 Å². The molecule has 0 bridgehead atoms. The van der Waals surface area contributed by atoms with Crippen molar-refractivity contribution in [2.75, 3.05) is 7.11 Å². The summed E-state index contributed by atoms with van der Waals surface area (Å²) < 4.78 is 4.94. The van der Waals surface area contributed by atoms with Crippen molar-refractivity contribution in [3.05, 3.63) is 23.9 Å². The van der Waals surface area contributed by atoms with Crippen molar-refractivity contribution in [3.63, 3.8) is 0 Å². The van der Waals surface area contributed by atoms with Gasteiger partial charge >= 0.3 is 0 Å². The number of amidine groups is 1. The summed E-state index contributed by atoms with van der Waals surface area (Å²) in [5, 5.41) is 3.34. The van der Waals surface area contributed by atoms with Crippen molar-refractivity contribution in [1.29, 1.82) is 0 Å². The van der Waals surface area contributed by atoms with Crippen LogP contribution in [0, 0.1) is 0 Å². The Morgan fingerprint density at radius 3 is 3.00 bits per heavy atom. The predicted octanol–water partition coefficient (Wildman–Crippen LogP) is -0.331. The third kappa shape index (κ3) is 1.45. The van der Waals surface area contributed by atoms with E-state index in [4.69, 9.17) is 16.3 Å². The minimum atomic E-state index is 0.208. The zero-order valence-corrected chi connectivity index (χ0v) is 6.69. The third-order valence-electron chi connectivity index (χ3n) is 1.38. The second kappa shape index (κ2) is 3.56. The fraction of sp³-hybridized carbons (Fsp3) is 0.143. The van der Waals surface area contributed by atoms with Crippen LogP contribution in [0.1, 0.15) is 5.56 Å². The fourth-order valence-corrected chi connectivity index (χ4v) is 0.818. The Hall–Kier alpha value is -1.78. The summed E-state index contributed by atoms with van der Waals surface area (Å²) >= 11 is 0. The van der Waals surface area contributed by atoms with Crippen LogP contribution in [0.15, 0.2) is 23.4 Å². The lowest BCUT2D eigenvalue weighted by molar-refractivity contribution is 0.397. The Morgan fingerprint density at radius 2 is 2.42 bits per heavy atom. The van der Waals surface area contributed by atoms with Gasteiger partial charge in [0.05, 0.1) is 12.7 Å². The lowest BCUT2D eigenvalue weighted by atomic mass is 10.2. The van der Waals surface area contributed by atoms with Gasteiger partial charge in [-0.05, 0) is 12.1 Å². The summed E-state index contributed by atoms with van der Waals surface area (Å²) in [6, 6.07) is 3.47. The number of hydrogen-bond donors (Lipinski definition) is 2. The summed E-state index contributed by atoms with van der Waals surface area (Å²) in [5.41, 5.74) is 6.08. The van der Waals surface area contributed by atoms with Gasteiger partial charge in [0.25, 0.3) is 0 Å². The highest BCUT2D eigenvalue weighted by atomic mass is 16.5. The topological polar surface area (TPSA) is 86.5 Å². The lowest BCUT2D eigenvalue weighted by Crippen LogP contribution is -2.16. The molecule has 0 aliphatic heterocycles. The maximum absolute atomic E-state index is 5.48. The summed E-state index contributed by atoms with van der Waals surface area (Å²) in [4.78, 5) is 3.93. The fourth-order valence-electron chi connectivity index (χ4n) is 0.818. The lowest BCUT2D eigenvalue weighted by Gasteiger charge is -2.04. The van der Waals surface area contributed by atoms with Crippen molar-refractivity contribution in [3.8, 4) is 5.88 Å². The molecule has 0 aliphatic rings. The van der Waals surface area contributed by atoms with E-state index in [0.717, 1.165) is 0 Å². The maximum atomic E-state index is 5.48. The van der Waals surface area contributed by atoms with Crippen LogP contribution in [-0.4, -0.2) is 17.9 Å². The van der Waals surface area contributed by atoms with E-state index < -0.39 is 0 Å². The van der Waals surface area contributed by atoms with Crippen molar-refractivity contribution < 1.29 is 4.74 Å². The van der Waals surface area contributed by atoms with Crippen LogP contribution >= 0.6 is 0 Å². The Labute approximate surface area is 70.0 Å². The van der Waals surface area contributed by atoms with Gasteiger partial charge in [-0.3, -0.25) is 0 Å². The molecule has 64 valence electrons. The molecule has 1 heterocycles. The average molecular weight is 166 g/mol. The van der Waals surface area contributed by atoms with Gasteiger partial charge in [0, 0.05) is 6.20 Å². The van der Waals surface area contributed by atoms with Gasteiger partial charge < -0.3 is 16.3 Å². The quantitative estimate of drug-likeness (QED) is 0.272. The van der Waals surface area contributed by atoms with E-state index in [9.17, 15) is 0 Å². The number of rotatable bonds is 2. The van der Waals surface area contributed by atoms with E-state index in [1.807, 2.05) is 0 Å².